The van der Waals surface area contributed by atoms with Crippen molar-refractivity contribution in [3.05, 3.63) is 68.6 Å². The van der Waals surface area contributed by atoms with Crippen LogP contribution < -0.4 is 10.9 Å². The van der Waals surface area contributed by atoms with Gasteiger partial charge in [-0.05, 0) is 62.5 Å². The average Bonchev–Trinajstić information content (AvgIpc) is 2.79. The Morgan fingerprint density at radius 3 is 2.71 bits per heavy atom. The predicted molar refractivity (Wildman–Crippen MR) is 119 cm³/mol. The van der Waals surface area contributed by atoms with Gasteiger partial charge in [-0.15, -0.1) is 0 Å². The van der Waals surface area contributed by atoms with Crippen LogP contribution >= 0.6 is 0 Å². The Balaban J connectivity index is 1.44. The number of H-pyrrole nitrogens is 1. The van der Waals surface area contributed by atoms with Crippen LogP contribution in [0.25, 0.3) is 0 Å². The number of rotatable bonds is 5. The molecule has 164 valence electrons. The van der Waals surface area contributed by atoms with E-state index < -0.39 is 0 Å². The summed E-state index contributed by atoms with van der Waals surface area (Å²) in [5, 5.41) is 2.92. The molecule has 3 heterocycles. The molecule has 2 aliphatic rings. The minimum atomic E-state index is -0.368. The van der Waals surface area contributed by atoms with Crippen molar-refractivity contribution in [2.24, 2.45) is 0 Å². The van der Waals surface area contributed by atoms with Crippen molar-refractivity contribution >= 4 is 11.8 Å². The molecule has 0 saturated carbocycles. The normalized spacial score (nSPS) is 16.6. The van der Waals surface area contributed by atoms with Gasteiger partial charge in [-0.25, -0.2) is 0 Å². The van der Waals surface area contributed by atoms with E-state index >= 15 is 0 Å². The van der Waals surface area contributed by atoms with Crippen molar-refractivity contribution in [3.63, 3.8) is 0 Å². The highest BCUT2D eigenvalue weighted by atomic mass is 16.2. The zero-order chi connectivity index (χ0) is 21.8. The molecule has 2 N–H and O–H groups in total. The summed E-state index contributed by atoms with van der Waals surface area (Å²) in [5.41, 5.74) is 3.10. The maximum absolute atomic E-state index is 12.9. The Kier molecular flexibility index (Phi) is 6.51. The fraction of sp³-hybridized carbons (Fsp3) is 0.458. The standard InChI is InChI=1S/C24H30N4O3/c1-17-6-5-7-18(14-17)24(31)28-12-8-20-19(16-28)15-26-23(30)21(20)22(29)25-9-13-27-10-3-2-4-11-27/h5-7,14-15H,2-4,8-13,16H2,1H3,(H,25,29)(H,26,30). The second kappa shape index (κ2) is 9.47. The van der Waals surface area contributed by atoms with Crippen molar-refractivity contribution in [1.29, 1.82) is 0 Å². The Bertz CT molecular complexity index is 1020. The van der Waals surface area contributed by atoms with E-state index in [9.17, 15) is 14.4 Å². The van der Waals surface area contributed by atoms with Gasteiger partial charge >= 0.3 is 0 Å². The number of piperidine rings is 1. The van der Waals surface area contributed by atoms with Crippen LogP contribution in [0.5, 0.6) is 0 Å². The van der Waals surface area contributed by atoms with Gasteiger partial charge in [-0.1, -0.05) is 24.1 Å². The molecule has 0 radical (unpaired) electrons. The van der Waals surface area contributed by atoms with Gasteiger partial charge in [-0.3, -0.25) is 14.4 Å². The van der Waals surface area contributed by atoms with Gasteiger partial charge in [0.15, 0.2) is 0 Å². The molecule has 2 aliphatic heterocycles. The van der Waals surface area contributed by atoms with Crippen molar-refractivity contribution in [3.8, 4) is 0 Å². The predicted octanol–water partition coefficient (Wildman–Crippen LogP) is 2.10. The second-order valence-corrected chi connectivity index (χ2v) is 8.50. The monoisotopic (exact) mass is 422 g/mol. The summed E-state index contributed by atoms with van der Waals surface area (Å²) in [4.78, 5) is 45.0. The van der Waals surface area contributed by atoms with Crippen molar-refractivity contribution in [2.75, 3.05) is 32.7 Å². The number of hydrogen-bond acceptors (Lipinski definition) is 4. The van der Waals surface area contributed by atoms with Crippen LogP contribution in [-0.4, -0.2) is 59.3 Å². The molecule has 2 aromatic rings. The molecule has 1 aromatic carbocycles. The number of aromatic amines is 1. The molecular formula is C24H30N4O3. The summed E-state index contributed by atoms with van der Waals surface area (Å²) in [6.45, 7) is 6.30. The van der Waals surface area contributed by atoms with Crippen molar-refractivity contribution < 1.29 is 9.59 Å². The lowest BCUT2D eigenvalue weighted by atomic mass is 9.96. The number of amides is 2. The number of likely N-dealkylation sites (tertiary alicyclic amines) is 1. The lowest BCUT2D eigenvalue weighted by Gasteiger charge is -2.30. The van der Waals surface area contributed by atoms with Crippen LogP contribution in [0.3, 0.4) is 0 Å². The highest BCUT2D eigenvalue weighted by Gasteiger charge is 2.27. The van der Waals surface area contributed by atoms with E-state index in [1.165, 1.54) is 19.3 Å². The fourth-order valence-corrected chi connectivity index (χ4v) is 4.54. The van der Waals surface area contributed by atoms with Gasteiger partial charge in [0, 0.05) is 37.9 Å². The van der Waals surface area contributed by atoms with E-state index in [0.717, 1.165) is 36.3 Å². The number of hydrogen-bond donors (Lipinski definition) is 2. The first-order valence-corrected chi connectivity index (χ1v) is 11.1. The first-order valence-electron chi connectivity index (χ1n) is 11.1. The maximum atomic E-state index is 12.9. The zero-order valence-electron chi connectivity index (χ0n) is 18.1. The quantitative estimate of drug-likeness (QED) is 0.773. The molecule has 1 fully saturated rings. The number of carbonyl (C=O) groups excluding carboxylic acids is 2. The molecule has 0 unspecified atom stereocenters. The SMILES string of the molecule is Cc1cccc(C(=O)N2CCc3c(c[nH]c(=O)c3C(=O)NCCN3CCCCC3)C2)c1. The molecule has 7 heteroatoms. The fourth-order valence-electron chi connectivity index (χ4n) is 4.54. The third-order valence-electron chi connectivity index (χ3n) is 6.23. The summed E-state index contributed by atoms with van der Waals surface area (Å²) in [6.07, 6.45) is 5.82. The summed E-state index contributed by atoms with van der Waals surface area (Å²) >= 11 is 0. The first kappa shape index (κ1) is 21.3. The Labute approximate surface area is 182 Å². The van der Waals surface area contributed by atoms with Gasteiger partial charge in [0.25, 0.3) is 17.4 Å². The molecule has 7 nitrogen and oxygen atoms in total. The van der Waals surface area contributed by atoms with E-state index in [1.807, 2.05) is 31.2 Å². The Hall–Kier alpha value is -2.93. The Morgan fingerprint density at radius 2 is 1.94 bits per heavy atom. The highest BCUT2D eigenvalue weighted by Crippen LogP contribution is 2.22. The number of benzene rings is 1. The van der Waals surface area contributed by atoms with Crippen molar-refractivity contribution in [1.82, 2.24) is 20.1 Å². The lowest BCUT2D eigenvalue weighted by Crippen LogP contribution is -2.41. The molecule has 1 aromatic heterocycles. The van der Waals surface area contributed by atoms with Crippen LogP contribution in [-0.2, 0) is 13.0 Å². The van der Waals surface area contributed by atoms with E-state index in [2.05, 4.69) is 15.2 Å². The molecule has 0 aliphatic carbocycles. The third-order valence-corrected chi connectivity index (χ3v) is 6.23. The van der Waals surface area contributed by atoms with Crippen LogP contribution in [0.4, 0.5) is 0 Å². The number of fused-ring (bicyclic) bond motifs is 1. The smallest absolute Gasteiger partial charge is 0.261 e. The molecular weight excluding hydrogens is 392 g/mol. The molecule has 0 bridgehead atoms. The van der Waals surface area contributed by atoms with Gasteiger partial charge in [-0.2, -0.15) is 0 Å². The van der Waals surface area contributed by atoms with Gasteiger partial charge in [0.05, 0.1) is 0 Å². The van der Waals surface area contributed by atoms with Gasteiger partial charge < -0.3 is 20.1 Å². The topological polar surface area (TPSA) is 85.5 Å². The first-order chi connectivity index (χ1) is 15.0. The van der Waals surface area contributed by atoms with Crippen LogP contribution in [0.1, 0.15) is 56.7 Å². The molecule has 2 amide bonds. The van der Waals surface area contributed by atoms with Gasteiger partial charge in [0.1, 0.15) is 5.56 Å². The number of nitrogens with one attached hydrogen (secondary N) is 2. The minimum absolute atomic E-state index is 0.0342. The molecule has 0 atom stereocenters. The third kappa shape index (κ3) is 4.88. The van der Waals surface area contributed by atoms with Crippen LogP contribution in [0.15, 0.2) is 35.3 Å². The van der Waals surface area contributed by atoms with Crippen LogP contribution in [0, 0.1) is 6.92 Å². The van der Waals surface area contributed by atoms with Gasteiger partial charge in [0.2, 0.25) is 0 Å². The van der Waals surface area contributed by atoms with E-state index in [4.69, 9.17) is 0 Å². The van der Waals surface area contributed by atoms with E-state index in [0.29, 0.717) is 31.6 Å². The molecule has 4 rings (SSSR count). The summed E-state index contributed by atoms with van der Waals surface area (Å²) in [6, 6.07) is 7.54. The zero-order valence-corrected chi connectivity index (χ0v) is 18.1. The second-order valence-electron chi connectivity index (χ2n) is 8.50. The highest BCUT2D eigenvalue weighted by molar-refractivity contribution is 5.96. The average molecular weight is 423 g/mol. The lowest BCUT2D eigenvalue weighted by molar-refractivity contribution is 0.0734. The molecule has 0 spiro atoms. The van der Waals surface area contributed by atoms with Crippen molar-refractivity contribution in [2.45, 2.75) is 39.2 Å². The number of nitrogens with zero attached hydrogens (tertiary/aromatic N) is 2. The molecule has 31 heavy (non-hydrogen) atoms. The summed E-state index contributed by atoms with van der Waals surface area (Å²) in [7, 11) is 0. The number of carbonyl (C=O) groups is 2. The van der Waals surface area contributed by atoms with E-state index in [1.54, 1.807) is 11.1 Å². The summed E-state index contributed by atoms with van der Waals surface area (Å²) in [5.74, 6) is -0.360. The maximum Gasteiger partial charge on any atom is 0.261 e. The largest absolute Gasteiger partial charge is 0.351 e. The minimum Gasteiger partial charge on any atom is -0.351 e. The number of pyridine rings is 1. The molecule has 1 saturated heterocycles. The number of aromatic nitrogens is 1. The number of aryl methyl sites for hydroxylation is 1. The van der Waals surface area contributed by atoms with Crippen LogP contribution in [0.2, 0.25) is 0 Å². The van der Waals surface area contributed by atoms with E-state index in [-0.39, 0.29) is 22.9 Å². The Morgan fingerprint density at radius 1 is 1.13 bits per heavy atom. The summed E-state index contributed by atoms with van der Waals surface area (Å²) < 4.78 is 0.